The maximum atomic E-state index is 11.8. The molecule has 8 aromatic rings. The minimum Gasteiger partial charge on any atom is -0.507 e. The Hall–Kier alpha value is -5.57. The quantitative estimate of drug-likeness (QED) is 0.169. The van der Waals surface area contributed by atoms with Gasteiger partial charge in [-0.3, -0.25) is 9.55 Å². The number of phenolic OH excluding ortho intramolecular Hbond substituents is 1. The fraction of sp³-hybridized carbons (Fsp3) is 0.222. The zero-order valence-corrected chi connectivity index (χ0v) is 36.7. The fourth-order valence-corrected chi connectivity index (χ4v) is 7.46. The Balaban J connectivity index is 0.00000703. The third kappa shape index (κ3) is 8.21. The second-order valence-corrected chi connectivity index (χ2v) is 17.1. The molecule has 0 aliphatic heterocycles. The van der Waals surface area contributed by atoms with Crippen molar-refractivity contribution in [1.29, 1.82) is 0 Å². The SMILES string of the molecule is [2H]c1c([2H])c(C([2H])([2H])[2H])c([2H])c([2H])c1-c1ccnc(-c2[c-]c(-c3cccc4c3nc(-c3cc(C)cc(C)c3O)n4-c3ccc(C([2H])([2H])[2H])cc3-c3ccc(C(C)(C)C)cc3)cc(C(C)(C)C)c2)c1.[Pt]. The third-order valence-electron chi connectivity index (χ3n) is 10.6. The standard InChI is InChI=1S/C54H52N3O.Pt/c1-33-14-17-37(18-15-33)39-24-25-55-47(32-39)41-29-40(30-43(31-41)54(8,9)10)44-12-11-13-49-50(44)56-52(46-28-35(3)26-36(4)51(46)58)57(49)48-23-16-34(2)27-45(48)38-19-21-42(22-20-38)53(5,6)7;/h11-28,30-32,58H,1-10H3;/q-1;/i1D3,2D3,14D,15D,17D,18D;. The summed E-state index contributed by atoms with van der Waals surface area (Å²) >= 11 is 0. The minimum absolute atomic E-state index is 0. The molecule has 0 amide bonds. The number of nitrogens with zero attached hydrogens (tertiary/aromatic N) is 3. The molecule has 0 aliphatic rings. The number of fused-ring (bicyclic) bond motifs is 1. The number of benzene rings is 6. The molecule has 2 heterocycles. The van der Waals surface area contributed by atoms with Gasteiger partial charge in [0.1, 0.15) is 11.6 Å². The molecule has 2 aromatic heterocycles. The van der Waals surface area contributed by atoms with Gasteiger partial charge in [-0.15, -0.1) is 29.3 Å². The van der Waals surface area contributed by atoms with Gasteiger partial charge in [0, 0.05) is 46.7 Å². The van der Waals surface area contributed by atoms with E-state index in [-0.39, 0.29) is 48.8 Å². The van der Waals surface area contributed by atoms with Crippen LogP contribution >= 0.6 is 0 Å². The van der Waals surface area contributed by atoms with Crippen molar-refractivity contribution < 1.29 is 39.9 Å². The van der Waals surface area contributed by atoms with Crippen LogP contribution in [0.1, 0.15) is 88.6 Å². The molecule has 0 saturated carbocycles. The van der Waals surface area contributed by atoms with Gasteiger partial charge in [-0.05, 0) is 102 Å². The van der Waals surface area contributed by atoms with Gasteiger partial charge in [0.15, 0.2) is 0 Å². The van der Waals surface area contributed by atoms with E-state index in [2.05, 4.69) is 65.8 Å². The van der Waals surface area contributed by atoms with E-state index in [0.29, 0.717) is 67.2 Å². The van der Waals surface area contributed by atoms with Crippen LogP contribution in [0.5, 0.6) is 5.75 Å². The van der Waals surface area contributed by atoms with E-state index in [4.69, 9.17) is 23.7 Å². The predicted octanol–water partition coefficient (Wildman–Crippen LogP) is 14.1. The molecular weight excluding hydrogens is 902 g/mol. The Bertz CT molecular complexity index is 3280. The topological polar surface area (TPSA) is 50.9 Å². The molecule has 0 radical (unpaired) electrons. The van der Waals surface area contributed by atoms with Crippen molar-refractivity contribution in [3.05, 3.63) is 167 Å². The van der Waals surface area contributed by atoms with E-state index in [1.54, 1.807) is 24.3 Å². The van der Waals surface area contributed by atoms with Crippen LogP contribution in [0.25, 0.3) is 72.7 Å². The normalized spacial score (nSPS) is 14.7. The van der Waals surface area contributed by atoms with Gasteiger partial charge >= 0.3 is 0 Å². The number of imidazole rings is 1. The van der Waals surface area contributed by atoms with Crippen LogP contribution in [0.15, 0.2) is 127 Å². The molecule has 0 bridgehead atoms. The van der Waals surface area contributed by atoms with E-state index in [9.17, 15) is 5.11 Å². The molecule has 59 heavy (non-hydrogen) atoms. The summed E-state index contributed by atoms with van der Waals surface area (Å²) in [6.07, 6.45) is 1.52. The Morgan fingerprint density at radius 1 is 0.644 bits per heavy atom. The Morgan fingerprint density at radius 3 is 2.03 bits per heavy atom. The van der Waals surface area contributed by atoms with Crippen LogP contribution in [0.3, 0.4) is 0 Å². The van der Waals surface area contributed by atoms with Crippen molar-refractivity contribution in [3.8, 4) is 67.5 Å². The van der Waals surface area contributed by atoms with Gasteiger partial charge in [-0.25, -0.2) is 4.98 Å². The maximum Gasteiger partial charge on any atom is 0.148 e. The number of aromatic hydroxyl groups is 1. The number of rotatable bonds is 6. The molecule has 5 heteroatoms. The van der Waals surface area contributed by atoms with Crippen LogP contribution in [0.2, 0.25) is 0 Å². The van der Waals surface area contributed by atoms with Crippen molar-refractivity contribution >= 4 is 11.0 Å². The van der Waals surface area contributed by atoms with E-state index >= 15 is 0 Å². The summed E-state index contributed by atoms with van der Waals surface area (Å²) < 4.78 is 85.5. The largest absolute Gasteiger partial charge is 0.507 e. The Kier molecular flexibility index (Phi) is 8.20. The van der Waals surface area contributed by atoms with Gasteiger partial charge in [-0.2, -0.15) is 0 Å². The van der Waals surface area contributed by atoms with Crippen molar-refractivity contribution in [1.82, 2.24) is 14.5 Å². The first kappa shape index (κ1) is 30.5. The van der Waals surface area contributed by atoms with Crippen LogP contribution in [-0.4, -0.2) is 19.6 Å². The van der Waals surface area contributed by atoms with Crippen LogP contribution in [0.4, 0.5) is 0 Å². The average molecular weight is 964 g/mol. The zero-order valence-electron chi connectivity index (χ0n) is 44.4. The molecule has 0 unspecified atom stereocenters. The molecule has 6 aromatic carbocycles. The number of hydrogen-bond acceptors (Lipinski definition) is 3. The van der Waals surface area contributed by atoms with Crippen molar-refractivity contribution in [2.45, 2.75) is 79.9 Å². The molecule has 0 spiro atoms. The van der Waals surface area contributed by atoms with Crippen LogP contribution in [0, 0.1) is 33.6 Å². The fourth-order valence-electron chi connectivity index (χ4n) is 7.46. The van der Waals surface area contributed by atoms with Crippen molar-refractivity contribution in [2.75, 3.05) is 0 Å². The van der Waals surface area contributed by atoms with Gasteiger partial charge < -0.3 is 5.11 Å². The summed E-state index contributed by atoms with van der Waals surface area (Å²) in [5.41, 5.74) is 9.27. The number of para-hydroxylation sites is 1. The summed E-state index contributed by atoms with van der Waals surface area (Å²) in [7, 11) is 0. The van der Waals surface area contributed by atoms with Gasteiger partial charge in [0.05, 0.1) is 27.8 Å². The monoisotopic (exact) mass is 963 g/mol. The number of pyridine rings is 1. The first-order chi connectivity index (χ1) is 31.6. The van der Waals surface area contributed by atoms with Gasteiger partial charge in [0.25, 0.3) is 0 Å². The molecule has 4 nitrogen and oxygen atoms in total. The van der Waals surface area contributed by atoms with Gasteiger partial charge in [0.2, 0.25) is 0 Å². The Labute approximate surface area is 378 Å². The number of aryl methyl sites for hydroxylation is 3. The second kappa shape index (κ2) is 15.9. The molecule has 0 atom stereocenters. The number of phenols is 1. The summed E-state index contributed by atoms with van der Waals surface area (Å²) in [6, 6.07) is 31.6. The van der Waals surface area contributed by atoms with Crippen LogP contribution in [-0.2, 0) is 31.9 Å². The van der Waals surface area contributed by atoms with E-state index < -0.39 is 43.4 Å². The summed E-state index contributed by atoms with van der Waals surface area (Å²) in [6.45, 7) is 11.3. The molecule has 300 valence electrons. The molecule has 0 fully saturated rings. The Morgan fingerprint density at radius 2 is 1.34 bits per heavy atom. The summed E-state index contributed by atoms with van der Waals surface area (Å²) in [5.74, 6) is 0.505. The van der Waals surface area contributed by atoms with Crippen LogP contribution < -0.4 is 0 Å². The summed E-state index contributed by atoms with van der Waals surface area (Å²) in [5, 5.41) is 11.8. The van der Waals surface area contributed by atoms with E-state index in [1.165, 1.54) is 6.20 Å². The van der Waals surface area contributed by atoms with E-state index in [0.717, 1.165) is 22.3 Å². The smallest absolute Gasteiger partial charge is 0.148 e. The van der Waals surface area contributed by atoms with Crippen molar-refractivity contribution in [3.63, 3.8) is 0 Å². The zero-order chi connectivity index (χ0) is 49.6. The molecular formula is C54H52N3OPt-. The van der Waals surface area contributed by atoms with Crippen molar-refractivity contribution in [2.24, 2.45) is 0 Å². The molecule has 1 N–H and O–H groups in total. The first-order valence-corrected chi connectivity index (χ1v) is 19.4. The maximum absolute atomic E-state index is 11.8. The first-order valence-electron chi connectivity index (χ1n) is 24.4. The summed E-state index contributed by atoms with van der Waals surface area (Å²) in [4.78, 5) is 10.1. The number of hydrogen-bond donors (Lipinski definition) is 1. The number of aromatic nitrogens is 3. The predicted molar refractivity (Wildman–Crippen MR) is 243 cm³/mol. The van der Waals surface area contributed by atoms with E-state index in [1.807, 2.05) is 73.0 Å². The molecule has 8 rings (SSSR count). The minimum atomic E-state index is -2.84. The average Bonchev–Trinajstić information content (AvgIpc) is 3.65. The molecule has 0 aliphatic carbocycles. The third-order valence-corrected chi connectivity index (χ3v) is 10.6. The molecule has 0 saturated heterocycles. The second-order valence-electron chi connectivity index (χ2n) is 17.1. The van der Waals surface area contributed by atoms with Gasteiger partial charge in [-0.1, -0.05) is 143 Å².